The van der Waals surface area contributed by atoms with Gasteiger partial charge in [-0.05, 0) is 36.1 Å². The van der Waals surface area contributed by atoms with Gasteiger partial charge in [-0.15, -0.1) is 0 Å². The van der Waals surface area contributed by atoms with Crippen LogP contribution in [0.4, 0.5) is 5.82 Å². The first-order valence-electron chi connectivity index (χ1n) is 7.14. The van der Waals surface area contributed by atoms with E-state index in [0.717, 1.165) is 37.6 Å². The molecule has 0 aliphatic carbocycles. The van der Waals surface area contributed by atoms with Crippen LogP contribution in [0.25, 0.3) is 0 Å². The van der Waals surface area contributed by atoms with Crippen molar-refractivity contribution in [1.82, 2.24) is 14.5 Å². The summed E-state index contributed by atoms with van der Waals surface area (Å²) in [5.41, 5.74) is 1.25. The normalized spacial score (nSPS) is 23.8. The molecule has 0 aromatic carbocycles. The van der Waals surface area contributed by atoms with Crippen LogP contribution in [0.1, 0.15) is 18.0 Å². The quantitative estimate of drug-likeness (QED) is 0.755. The van der Waals surface area contributed by atoms with Gasteiger partial charge >= 0.3 is 0 Å². The minimum absolute atomic E-state index is 0.112. The molecule has 2 aromatic rings. The van der Waals surface area contributed by atoms with Crippen LogP contribution in [-0.2, 0) is 6.54 Å². The smallest absolute Gasteiger partial charge is 0.250 e. The average molecular weight is 303 g/mol. The zero-order chi connectivity index (χ0) is 14.4. The lowest BCUT2D eigenvalue weighted by Crippen LogP contribution is -2.47. The molecular formula is C15H15ClN4O. The summed E-state index contributed by atoms with van der Waals surface area (Å²) in [6, 6.07) is 7.46. The molecule has 2 bridgehead atoms. The van der Waals surface area contributed by atoms with Crippen molar-refractivity contribution in [3.8, 4) is 0 Å². The monoisotopic (exact) mass is 302 g/mol. The first-order chi connectivity index (χ1) is 10.2. The number of piperidine rings is 1. The third kappa shape index (κ3) is 2.21. The number of nitrogens with zero attached hydrogens (tertiary/aromatic N) is 4. The molecule has 0 spiro atoms. The third-order valence-corrected chi connectivity index (χ3v) is 4.60. The maximum Gasteiger partial charge on any atom is 0.250 e. The Balaban J connectivity index is 1.70. The van der Waals surface area contributed by atoms with Crippen molar-refractivity contribution in [1.29, 1.82) is 0 Å². The molecule has 5 nitrogen and oxygen atoms in total. The highest BCUT2D eigenvalue weighted by atomic mass is 35.5. The Labute approximate surface area is 127 Å². The number of fused-ring (bicyclic) bond motifs is 4. The van der Waals surface area contributed by atoms with Gasteiger partial charge in [0.2, 0.25) is 5.28 Å². The summed E-state index contributed by atoms with van der Waals surface area (Å²) < 4.78 is 1.93. The molecule has 6 heteroatoms. The van der Waals surface area contributed by atoms with Gasteiger partial charge in [0.1, 0.15) is 5.82 Å². The van der Waals surface area contributed by atoms with Crippen LogP contribution in [0.15, 0.2) is 35.3 Å². The highest BCUT2D eigenvalue weighted by molar-refractivity contribution is 6.28. The lowest BCUT2D eigenvalue weighted by atomic mass is 9.83. The molecule has 2 aromatic heterocycles. The van der Waals surface area contributed by atoms with Crippen molar-refractivity contribution in [2.45, 2.75) is 18.9 Å². The van der Waals surface area contributed by atoms with E-state index < -0.39 is 0 Å². The predicted molar refractivity (Wildman–Crippen MR) is 80.8 cm³/mol. The maximum atomic E-state index is 12.0. The SMILES string of the molecule is O=c1cccc2n1C[C@@H]1C[C@@H]2CN(c2ccnc(Cl)n2)C1. The number of rotatable bonds is 1. The standard InChI is InChI=1S/C15H15ClN4O/c16-15-17-5-4-13(18-15)19-7-10-6-11(9-19)12-2-1-3-14(21)20(12)8-10/h1-5,10-11H,6-9H2/t10-,11-/m1/s1. The lowest BCUT2D eigenvalue weighted by molar-refractivity contribution is 0.280. The van der Waals surface area contributed by atoms with Gasteiger partial charge in [0, 0.05) is 43.5 Å². The molecule has 1 fully saturated rings. The molecule has 4 rings (SSSR count). The largest absolute Gasteiger partial charge is 0.355 e. The summed E-state index contributed by atoms with van der Waals surface area (Å²) in [6.07, 6.45) is 2.83. The maximum absolute atomic E-state index is 12.0. The van der Waals surface area contributed by atoms with Crippen LogP contribution < -0.4 is 10.5 Å². The van der Waals surface area contributed by atoms with Crippen molar-refractivity contribution < 1.29 is 0 Å². The van der Waals surface area contributed by atoms with Gasteiger partial charge in [-0.2, -0.15) is 0 Å². The van der Waals surface area contributed by atoms with Crippen LogP contribution in [0.5, 0.6) is 0 Å². The van der Waals surface area contributed by atoms with Gasteiger partial charge in [-0.1, -0.05) is 6.07 Å². The molecule has 2 aliphatic rings. The van der Waals surface area contributed by atoms with Crippen LogP contribution in [0.2, 0.25) is 5.28 Å². The van der Waals surface area contributed by atoms with Crippen molar-refractivity contribution in [3.63, 3.8) is 0 Å². The molecule has 2 aliphatic heterocycles. The van der Waals surface area contributed by atoms with Crippen LogP contribution >= 0.6 is 11.6 Å². The highest BCUT2D eigenvalue weighted by Gasteiger charge is 2.34. The molecule has 108 valence electrons. The Morgan fingerprint density at radius 3 is 2.95 bits per heavy atom. The van der Waals surface area contributed by atoms with E-state index in [1.54, 1.807) is 12.3 Å². The zero-order valence-electron chi connectivity index (χ0n) is 11.4. The van der Waals surface area contributed by atoms with E-state index in [1.165, 1.54) is 0 Å². The second kappa shape index (κ2) is 4.84. The molecule has 0 saturated carbocycles. The summed E-state index contributed by atoms with van der Waals surface area (Å²) in [5.74, 6) is 1.72. The van der Waals surface area contributed by atoms with E-state index >= 15 is 0 Å². The van der Waals surface area contributed by atoms with Crippen LogP contribution in [-0.4, -0.2) is 27.6 Å². The molecule has 0 unspecified atom stereocenters. The fourth-order valence-electron chi connectivity index (χ4n) is 3.59. The Hall–Kier alpha value is -1.88. The summed E-state index contributed by atoms with van der Waals surface area (Å²) in [7, 11) is 0. The number of aromatic nitrogens is 3. The van der Waals surface area contributed by atoms with Gasteiger partial charge in [-0.3, -0.25) is 4.79 Å². The lowest BCUT2D eigenvalue weighted by Gasteiger charge is -2.43. The van der Waals surface area contributed by atoms with E-state index in [0.29, 0.717) is 11.8 Å². The van der Waals surface area contributed by atoms with Gasteiger partial charge in [0.15, 0.2) is 0 Å². The van der Waals surface area contributed by atoms with Crippen LogP contribution in [0, 0.1) is 5.92 Å². The van der Waals surface area contributed by atoms with Gasteiger partial charge in [0.05, 0.1) is 0 Å². The molecule has 2 atom stereocenters. The molecule has 0 amide bonds. The first kappa shape index (κ1) is 12.8. The number of anilines is 1. The number of halogens is 1. The van der Waals surface area contributed by atoms with Gasteiger partial charge in [0.25, 0.3) is 5.56 Å². The molecule has 21 heavy (non-hydrogen) atoms. The summed E-state index contributed by atoms with van der Waals surface area (Å²) in [6.45, 7) is 2.57. The fraction of sp³-hybridized carbons (Fsp3) is 0.400. The number of pyridine rings is 1. The topological polar surface area (TPSA) is 51.0 Å². The van der Waals surface area contributed by atoms with Crippen molar-refractivity contribution in [2.24, 2.45) is 5.92 Å². The van der Waals surface area contributed by atoms with E-state index in [4.69, 9.17) is 11.6 Å². The van der Waals surface area contributed by atoms with E-state index in [-0.39, 0.29) is 10.8 Å². The summed E-state index contributed by atoms with van der Waals surface area (Å²) in [5, 5.41) is 0.278. The van der Waals surface area contributed by atoms with E-state index in [9.17, 15) is 4.79 Å². The van der Waals surface area contributed by atoms with Crippen molar-refractivity contribution >= 4 is 17.4 Å². The first-order valence-corrected chi connectivity index (χ1v) is 7.52. The molecule has 4 heterocycles. The molecular weight excluding hydrogens is 288 g/mol. The fourth-order valence-corrected chi connectivity index (χ4v) is 3.73. The molecule has 0 N–H and O–H groups in total. The van der Waals surface area contributed by atoms with Crippen molar-refractivity contribution in [2.75, 3.05) is 18.0 Å². The Bertz CT molecular complexity index is 744. The Morgan fingerprint density at radius 2 is 2.10 bits per heavy atom. The Morgan fingerprint density at radius 1 is 1.19 bits per heavy atom. The summed E-state index contributed by atoms with van der Waals surface area (Å²) in [4.78, 5) is 22.5. The minimum atomic E-state index is 0.112. The highest BCUT2D eigenvalue weighted by Crippen LogP contribution is 2.36. The van der Waals surface area contributed by atoms with E-state index in [1.807, 2.05) is 16.7 Å². The average Bonchev–Trinajstić information content (AvgIpc) is 2.48. The summed E-state index contributed by atoms with van der Waals surface area (Å²) >= 11 is 5.89. The van der Waals surface area contributed by atoms with Crippen molar-refractivity contribution in [3.05, 3.63) is 51.8 Å². The molecule has 1 saturated heterocycles. The molecule has 0 radical (unpaired) electrons. The van der Waals surface area contributed by atoms with Gasteiger partial charge in [-0.25, -0.2) is 9.97 Å². The van der Waals surface area contributed by atoms with Crippen LogP contribution in [0.3, 0.4) is 0 Å². The van der Waals surface area contributed by atoms with Gasteiger partial charge < -0.3 is 9.47 Å². The second-order valence-corrected chi connectivity index (χ2v) is 6.13. The third-order valence-electron chi connectivity index (χ3n) is 4.42. The minimum Gasteiger partial charge on any atom is -0.355 e. The second-order valence-electron chi connectivity index (χ2n) is 5.79. The zero-order valence-corrected chi connectivity index (χ0v) is 12.2. The van der Waals surface area contributed by atoms with E-state index in [2.05, 4.69) is 20.9 Å². The number of hydrogen-bond acceptors (Lipinski definition) is 4. The Kier molecular flexibility index (Phi) is 2.96. The predicted octanol–water partition coefficient (Wildman–Crippen LogP) is 1.92. The number of hydrogen-bond donors (Lipinski definition) is 0.